The van der Waals surface area contributed by atoms with Gasteiger partial charge in [0.1, 0.15) is 5.37 Å². The molecule has 0 aliphatic carbocycles. The van der Waals surface area contributed by atoms with Crippen molar-refractivity contribution in [3.05, 3.63) is 53.6 Å². The van der Waals surface area contributed by atoms with Crippen LogP contribution in [0.5, 0.6) is 11.5 Å². The highest BCUT2D eigenvalue weighted by Crippen LogP contribution is 2.42. The summed E-state index contributed by atoms with van der Waals surface area (Å²) in [6, 6.07) is 14.5. The van der Waals surface area contributed by atoms with Crippen molar-refractivity contribution in [3.63, 3.8) is 0 Å². The largest absolute Gasteiger partial charge is 0.454 e. The lowest BCUT2D eigenvalue weighted by atomic mass is 10.2. The Morgan fingerprint density at radius 2 is 2.00 bits per heavy atom. The lowest BCUT2D eigenvalue weighted by Gasteiger charge is -2.24. The zero-order valence-corrected chi connectivity index (χ0v) is 14.1. The van der Waals surface area contributed by atoms with Gasteiger partial charge in [-0.1, -0.05) is 6.07 Å². The molecule has 2 aliphatic heterocycles. The van der Waals surface area contributed by atoms with E-state index in [4.69, 9.17) is 14.7 Å². The minimum atomic E-state index is -0.155. The highest BCUT2D eigenvalue weighted by atomic mass is 32.2. The SMILES string of the molecule is N#Cc1ccc(NC(=O)N2CCS[C@H]2c2ccc3c(c2)OCO3)cc1. The lowest BCUT2D eigenvalue weighted by Crippen LogP contribution is -2.34. The molecule has 7 heteroatoms. The van der Waals surface area contributed by atoms with E-state index in [-0.39, 0.29) is 18.2 Å². The van der Waals surface area contributed by atoms with Gasteiger partial charge < -0.3 is 19.7 Å². The number of fused-ring (bicyclic) bond motifs is 1. The van der Waals surface area contributed by atoms with Gasteiger partial charge in [0.05, 0.1) is 11.6 Å². The van der Waals surface area contributed by atoms with Crippen molar-refractivity contribution in [2.45, 2.75) is 5.37 Å². The monoisotopic (exact) mass is 353 g/mol. The molecule has 1 fully saturated rings. The highest BCUT2D eigenvalue weighted by Gasteiger charge is 2.31. The Morgan fingerprint density at radius 1 is 1.20 bits per heavy atom. The summed E-state index contributed by atoms with van der Waals surface area (Å²) in [7, 11) is 0. The van der Waals surface area contributed by atoms with E-state index in [1.807, 2.05) is 18.2 Å². The van der Waals surface area contributed by atoms with E-state index in [9.17, 15) is 4.79 Å². The van der Waals surface area contributed by atoms with E-state index in [0.29, 0.717) is 17.8 Å². The van der Waals surface area contributed by atoms with Crippen LogP contribution in [0.3, 0.4) is 0 Å². The first kappa shape index (κ1) is 15.7. The molecule has 4 rings (SSSR count). The summed E-state index contributed by atoms with van der Waals surface area (Å²) in [6.07, 6.45) is 0. The van der Waals surface area contributed by atoms with Crippen molar-refractivity contribution >= 4 is 23.5 Å². The summed E-state index contributed by atoms with van der Waals surface area (Å²) in [5.74, 6) is 2.33. The molecule has 0 aromatic heterocycles. The molecule has 1 saturated heterocycles. The number of rotatable bonds is 2. The number of ether oxygens (including phenoxy) is 2. The van der Waals surface area contributed by atoms with Gasteiger partial charge in [0.15, 0.2) is 11.5 Å². The zero-order valence-electron chi connectivity index (χ0n) is 13.3. The number of amides is 2. The fourth-order valence-corrected chi connectivity index (χ4v) is 4.09. The van der Waals surface area contributed by atoms with Crippen molar-refractivity contribution in [1.82, 2.24) is 4.90 Å². The van der Waals surface area contributed by atoms with Gasteiger partial charge in [-0.15, -0.1) is 11.8 Å². The van der Waals surface area contributed by atoms with Crippen molar-refractivity contribution in [1.29, 1.82) is 5.26 Å². The molecule has 0 spiro atoms. The number of thioether (sulfide) groups is 1. The van der Waals surface area contributed by atoms with Crippen molar-refractivity contribution in [2.24, 2.45) is 0 Å². The van der Waals surface area contributed by atoms with Crippen LogP contribution in [-0.2, 0) is 0 Å². The topological polar surface area (TPSA) is 74.6 Å². The molecule has 25 heavy (non-hydrogen) atoms. The van der Waals surface area contributed by atoms with Gasteiger partial charge in [-0.05, 0) is 42.0 Å². The van der Waals surface area contributed by atoms with Crippen LogP contribution < -0.4 is 14.8 Å². The molecule has 0 unspecified atom stereocenters. The molecule has 0 bridgehead atoms. The van der Waals surface area contributed by atoms with Gasteiger partial charge in [-0.3, -0.25) is 0 Å². The second-order valence-corrected chi connectivity index (χ2v) is 6.84. The Morgan fingerprint density at radius 3 is 2.80 bits per heavy atom. The first-order valence-corrected chi connectivity index (χ1v) is 8.88. The molecular weight excluding hydrogens is 338 g/mol. The summed E-state index contributed by atoms with van der Waals surface area (Å²) in [4.78, 5) is 14.5. The minimum absolute atomic E-state index is 0.0621. The predicted octanol–water partition coefficient (Wildman–Crippen LogP) is 3.57. The van der Waals surface area contributed by atoms with Crippen LogP contribution in [-0.4, -0.2) is 30.0 Å². The average Bonchev–Trinajstić information content (AvgIpc) is 3.30. The Bertz CT molecular complexity index is 848. The maximum Gasteiger partial charge on any atom is 0.323 e. The number of carbonyl (C=O) groups excluding carboxylic acids is 1. The maximum atomic E-state index is 12.7. The molecule has 126 valence electrons. The highest BCUT2D eigenvalue weighted by molar-refractivity contribution is 7.99. The van der Waals surface area contributed by atoms with Crippen LogP contribution in [0.2, 0.25) is 0 Å². The molecular formula is C18H15N3O3S. The van der Waals surface area contributed by atoms with Gasteiger partial charge in [-0.25, -0.2) is 4.79 Å². The molecule has 2 aliphatic rings. The van der Waals surface area contributed by atoms with Crippen molar-refractivity contribution < 1.29 is 14.3 Å². The van der Waals surface area contributed by atoms with Crippen LogP contribution in [0, 0.1) is 11.3 Å². The van der Waals surface area contributed by atoms with E-state index < -0.39 is 0 Å². The molecule has 1 atom stereocenters. The molecule has 0 radical (unpaired) electrons. The Labute approximate surface area is 149 Å². The number of hydrogen-bond donors (Lipinski definition) is 1. The van der Waals surface area contributed by atoms with E-state index >= 15 is 0 Å². The van der Waals surface area contributed by atoms with Gasteiger partial charge in [0, 0.05) is 18.0 Å². The Balaban J connectivity index is 1.50. The van der Waals surface area contributed by atoms with E-state index in [1.54, 1.807) is 40.9 Å². The summed E-state index contributed by atoms with van der Waals surface area (Å²) >= 11 is 1.72. The minimum Gasteiger partial charge on any atom is -0.454 e. The number of urea groups is 1. The maximum absolute atomic E-state index is 12.7. The smallest absolute Gasteiger partial charge is 0.323 e. The lowest BCUT2D eigenvalue weighted by molar-refractivity contribution is 0.174. The van der Waals surface area contributed by atoms with Crippen molar-refractivity contribution in [2.75, 3.05) is 24.4 Å². The fraction of sp³-hybridized carbons (Fsp3) is 0.222. The number of benzene rings is 2. The fourth-order valence-electron chi connectivity index (χ4n) is 2.84. The Hall–Kier alpha value is -2.85. The number of anilines is 1. The van der Waals surface area contributed by atoms with Crippen molar-refractivity contribution in [3.8, 4) is 17.6 Å². The van der Waals surface area contributed by atoms with Crippen LogP contribution >= 0.6 is 11.8 Å². The number of nitrogens with one attached hydrogen (secondary N) is 1. The summed E-state index contributed by atoms with van der Waals surface area (Å²) in [6.45, 7) is 0.908. The third-order valence-electron chi connectivity index (χ3n) is 4.10. The zero-order chi connectivity index (χ0) is 17.2. The molecule has 6 nitrogen and oxygen atoms in total. The predicted molar refractivity (Wildman–Crippen MR) is 94.6 cm³/mol. The second-order valence-electron chi connectivity index (χ2n) is 5.65. The molecule has 2 aromatic carbocycles. The molecule has 2 amide bonds. The van der Waals surface area contributed by atoms with Gasteiger partial charge in [-0.2, -0.15) is 5.26 Å². The second kappa shape index (κ2) is 6.57. The molecule has 2 heterocycles. The molecule has 1 N–H and O–H groups in total. The number of nitriles is 1. The first-order chi connectivity index (χ1) is 12.2. The number of nitrogens with zero attached hydrogens (tertiary/aromatic N) is 2. The van der Waals surface area contributed by atoms with Crippen LogP contribution in [0.4, 0.5) is 10.5 Å². The number of carbonyl (C=O) groups is 1. The first-order valence-electron chi connectivity index (χ1n) is 7.83. The quantitative estimate of drug-likeness (QED) is 0.893. The van der Waals surface area contributed by atoms with Crippen LogP contribution in [0.25, 0.3) is 0 Å². The summed E-state index contributed by atoms with van der Waals surface area (Å²) < 4.78 is 10.8. The van der Waals surface area contributed by atoms with E-state index in [1.165, 1.54) is 0 Å². The number of hydrogen-bond acceptors (Lipinski definition) is 5. The normalized spacial score (nSPS) is 18.0. The third-order valence-corrected chi connectivity index (χ3v) is 5.36. The molecule has 2 aromatic rings. The van der Waals surface area contributed by atoms with Gasteiger partial charge >= 0.3 is 6.03 Å². The molecule has 0 saturated carbocycles. The van der Waals surface area contributed by atoms with Gasteiger partial charge in [0.2, 0.25) is 6.79 Å². The van der Waals surface area contributed by atoms with Gasteiger partial charge in [0.25, 0.3) is 0 Å². The average molecular weight is 353 g/mol. The van der Waals surface area contributed by atoms with Crippen LogP contribution in [0.1, 0.15) is 16.5 Å². The standard InChI is InChI=1S/C18H15N3O3S/c19-10-12-1-4-14(5-2-12)20-18(22)21-7-8-25-17(21)13-3-6-15-16(9-13)24-11-23-15/h1-6,9,17H,7-8,11H2,(H,20,22)/t17-/m0/s1. The summed E-state index contributed by atoms with van der Waals surface area (Å²) in [5.41, 5.74) is 2.25. The Kier molecular flexibility index (Phi) is 4.12. The third kappa shape index (κ3) is 3.08. The summed E-state index contributed by atoms with van der Waals surface area (Å²) in [5, 5.41) is 11.7. The van der Waals surface area contributed by atoms with E-state index in [0.717, 1.165) is 22.8 Å². The van der Waals surface area contributed by atoms with Crippen LogP contribution in [0.15, 0.2) is 42.5 Å². The van der Waals surface area contributed by atoms with E-state index in [2.05, 4.69) is 11.4 Å².